The van der Waals surface area contributed by atoms with Crippen molar-refractivity contribution in [2.75, 3.05) is 11.9 Å². The van der Waals surface area contributed by atoms with Crippen LogP contribution in [0.2, 0.25) is 0 Å². The maximum atomic E-state index is 13.1. The first-order valence-electron chi connectivity index (χ1n) is 7.83. The van der Waals surface area contributed by atoms with Gasteiger partial charge in [-0.05, 0) is 61.9 Å². The van der Waals surface area contributed by atoms with Crippen molar-refractivity contribution in [1.82, 2.24) is 4.98 Å². The third-order valence-corrected chi connectivity index (χ3v) is 4.48. The Balaban J connectivity index is 1.75. The van der Waals surface area contributed by atoms with E-state index in [1.54, 1.807) is 18.4 Å². The van der Waals surface area contributed by atoms with Crippen LogP contribution in [0.4, 0.5) is 10.1 Å². The van der Waals surface area contributed by atoms with Crippen molar-refractivity contribution in [3.8, 4) is 16.3 Å². The normalized spacial score (nSPS) is 10.5. The van der Waals surface area contributed by atoms with Crippen molar-refractivity contribution in [2.24, 2.45) is 0 Å². The SMILES string of the molecule is CCOc1ccc(-c2nc(C(=O)Nc3ccc(F)cc3C)cs2)cc1. The fourth-order valence-corrected chi connectivity index (χ4v) is 3.13. The number of nitrogens with one attached hydrogen (secondary N) is 1. The van der Waals surface area contributed by atoms with E-state index in [1.807, 2.05) is 31.2 Å². The van der Waals surface area contributed by atoms with Gasteiger partial charge in [-0.25, -0.2) is 9.37 Å². The molecule has 6 heteroatoms. The molecule has 1 N–H and O–H groups in total. The number of aromatic nitrogens is 1. The monoisotopic (exact) mass is 356 g/mol. The number of amides is 1. The average Bonchev–Trinajstić information content (AvgIpc) is 3.08. The maximum Gasteiger partial charge on any atom is 0.275 e. The quantitative estimate of drug-likeness (QED) is 0.707. The van der Waals surface area contributed by atoms with Crippen LogP contribution in [0, 0.1) is 12.7 Å². The van der Waals surface area contributed by atoms with E-state index in [2.05, 4.69) is 10.3 Å². The molecule has 0 unspecified atom stereocenters. The topological polar surface area (TPSA) is 51.2 Å². The van der Waals surface area contributed by atoms with Gasteiger partial charge in [0.1, 0.15) is 22.3 Å². The summed E-state index contributed by atoms with van der Waals surface area (Å²) in [7, 11) is 0. The van der Waals surface area contributed by atoms with Crippen molar-refractivity contribution in [3.05, 3.63) is 64.9 Å². The molecule has 0 aliphatic carbocycles. The number of carbonyl (C=O) groups excluding carboxylic acids is 1. The van der Waals surface area contributed by atoms with Crippen LogP contribution >= 0.6 is 11.3 Å². The molecule has 1 amide bonds. The fourth-order valence-electron chi connectivity index (χ4n) is 2.32. The second kappa shape index (κ2) is 7.44. The molecule has 0 aliphatic rings. The van der Waals surface area contributed by atoms with Crippen LogP contribution in [0.25, 0.3) is 10.6 Å². The van der Waals surface area contributed by atoms with Crippen LogP contribution in [0.15, 0.2) is 47.8 Å². The molecule has 3 rings (SSSR count). The second-order valence-electron chi connectivity index (χ2n) is 5.41. The van der Waals surface area contributed by atoms with E-state index in [-0.39, 0.29) is 11.7 Å². The molecule has 128 valence electrons. The average molecular weight is 356 g/mol. The Morgan fingerprint density at radius 1 is 1.24 bits per heavy atom. The number of anilines is 1. The highest BCUT2D eigenvalue weighted by Crippen LogP contribution is 2.26. The molecule has 0 fully saturated rings. The molecule has 0 radical (unpaired) electrons. The zero-order valence-corrected chi connectivity index (χ0v) is 14.7. The highest BCUT2D eigenvalue weighted by atomic mass is 32.1. The molecule has 0 saturated heterocycles. The summed E-state index contributed by atoms with van der Waals surface area (Å²) in [4.78, 5) is 16.7. The molecule has 1 heterocycles. The first-order chi connectivity index (χ1) is 12.1. The fraction of sp³-hybridized carbons (Fsp3) is 0.158. The number of benzene rings is 2. The zero-order valence-electron chi connectivity index (χ0n) is 13.9. The van der Waals surface area contributed by atoms with Crippen LogP contribution in [0.5, 0.6) is 5.75 Å². The van der Waals surface area contributed by atoms with Crippen LogP contribution in [-0.4, -0.2) is 17.5 Å². The van der Waals surface area contributed by atoms with E-state index < -0.39 is 0 Å². The van der Waals surface area contributed by atoms with Crippen LogP contribution in [0.3, 0.4) is 0 Å². The predicted molar refractivity (Wildman–Crippen MR) is 97.8 cm³/mol. The molecule has 0 spiro atoms. The van der Waals surface area contributed by atoms with E-state index in [0.29, 0.717) is 23.6 Å². The molecular weight excluding hydrogens is 339 g/mol. The third kappa shape index (κ3) is 4.03. The predicted octanol–water partition coefficient (Wildman–Crippen LogP) is 4.91. The summed E-state index contributed by atoms with van der Waals surface area (Å²) in [5.41, 5.74) is 2.49. The number of rotatable bonds is 5. The first-order valence-corrected chi connectivity index (χ1v) is 8.71. The Labute approximate surface area is 149 Å². The molecular formula is C19H17FN2O2S. The van der Waals surface area contributed by atoms with E-state index >= 15 is 0 Å². The van der Waals surface area contributed by atoms with Gasteiger partial charge in [-0.15, -0.1) is 11.3 Å². The van der Waals surface area contributed by atoms with Gasteiger partial charge in [-0.2, -0.15) is 0 Å². The van der Waals surface area contributed by atoms with E-state index in [4.69, 9.17) is 4.74 Å². The van der Waals surface area contributed by atoms with Crippen molar-refractivity contribution in [2.45, 2.75) is 13.8 Å². The van der Waals surface area contributed by atoms with Gasteiger partial charge >= 0.3 is 0 Å². The lowest BCUT2D eigenvalue weighted by Crippen LogP contribution is -2.13. The van der Waals surface area contributed by atoms with Gasteiger partial charge in [0.25, 0.3) is 5.91 Å². The minimum atomic E-state index is -0.332. The van der Waals surface area contributed by atoms with Crippen LogP contribution in [0.1, 0.15) is 23.0 Å². The molecule has 4 nitrogen and oxygen atoms in total. The second-order valence-corrected chi connectivity index (χ2v) is 6.27. The third-order valence-electron chi connectivity index (χ3n) is 3.59. The Morgan fingerprint density at radius 2 is 2.00 bits per heavy atom. The van der Waals surface area contributed by atoms with Gasteiger partial charge in [0, 0.05) is 16.6 Å². The lowest BCUT2D eigenvalue weighted by atomic mass is 10.2. The van der Waals surface area contributed by atoms with Crippen LogP contribution in [-0.2, 0) is 0 Å². The molecule has 3 aromatic rings. The minimum Gasteiger partial charge on any atom is -0.494 e. The van der Waals surface area contributed by atoms with Gasteiger partial charge in [0.05, 0.1) is 6.61 Å². The highest BCUT2D eigenvalue weighted by molar-refractivity contribution is 7.13. The summed E-state index contributed by atoms with van der Waals surface area (Å²) in [6.45, 7) is 4.29. The highest BCUT2D eigenvalue weighted by Gasteiger charge is 2.13. The Morgan fingerprint density at radius 3 is 2.68 bits per heavy atom. The largest absolute Gasteiger partial charge is 0.494 e. The molecule has 1 aromatic heterocycles. The number of carbonyl (C=O) groups is 1. The smallest absolute Gasteiger partial charge is 0.275 e. The number of thiazole rings is 1. The van der Waals surface area contributed by atoms with Gasteiger partial charge in [0.15, 0.2) is 0 Å². The number of ether oxygens (including phenoxy) is 1. The van der Waals surface area contributed by atoms with Gasteiger partial charge < -0.3 is 10.1 Å². The summed E-state index contributed by atoms with van der Waals surface area (Å²) in [6, 6.07) is 11.8. The van der Waals surface area contributed by atoms with Gasteiger partial charge in [-0.3, -0.25) is 4.79 Å². The molecule has 2 aromatic carbocycles. The number of aryl methyl sites for hydroxylation is 1. The molecule has 25 heavy (non-hydrogen) atoms. The summed E-state index contributed by atoms with van der Waals surface area (Å²) < 4.78 is 18.6. The lowest BCUT2D eigenvalue weighted by molar-refractivity contribution is 0.102. The van der Waals surface area contributed by atoms with E-state index in [0.717, 1.165) is 16.3 Å². The number of hydrogen-bond acceptors (Lipinski definition) is 4. The van der Waals surface area contributed by atoms with Crippen molar-refractivity contribution in [3.63, 3.8) is 0 Å². The van der Waals surface area contributed by atoms with Gasteiger partial charge in [0.2, 0.25) is 0 Å². The summed E-state index contributed by atoms with van der Waals surface area (Å²) >= 11 is 1.39. The van der Waals surface area contributed by atoms with Crippen molar-refractivity contribution >= 4 is 22.9 Å². The number of halogens is 1. The van der Waals surface area contributed by atoms with E-state index in [1.165, 1.54) is 23.5 Å². The summed E-state index contributed by atoms with van der Waals surface area (Å²) in [6.07, 6.45) is 0. The van der Waals surface area contributed by atoms with Crippen LogP contribution < -0.4 is 10.1 Å². The van der Waals surface area contributed by atoms with Gasteiger partial charge in [-0.1, -0.05) is 0 Å². The molecule has 0 saturated carbocycles. The number of nitrogens with zero attached hydrogens (tertiary/aromatic N) is 1. The van der Waals surface area contributed by atoms with Crippen molar-refractivity contribution < 1.29 is 13.9 Å². The molecule has 0 aliphatic heterocycles. The van der Waals surface area contributed by atoms with Crippen molar-refractivity contribution in [1.29, 1.82) is 0 Å². The maximum absolute atomic E-state index is 13.1. The minimum absolute atomic E-state index is 0.317. The first kappa shape index (κ1) is 17.1. The van der Waals surface area contributed by atoms with E-state index in [9.17, 15) is 9.18 Å². The number of hydrogen-bond donors (Lipinski definition) is 1. The standard InChI is InChI=1S/C19H17FN2O2S/c1-3-24-15-7-4-13(5-8-15)19-22-17(11-25-19)18(23)21-16-9-6-14(20)10-12(16)2/h4-11H,3H2,1-2H3,(H,21,23). The Hall–Kier alpha value is -2.73. The Kier molecular flexibility index (Phi) is 5.09. The Bertz CT molecular complexity index is 891. The zero-order chi connectivity index (χ0) is 17.8. The molecule has 0 atom stereocenters. The molecule has 0 bridgehead atoms. The summed E-state index contributed by atoms with van der Waals surface area (Å²) in [5.74, 6) is 0.151. The lowest BCUT2D eigenvalue weighted by Gasteiger charge is -2.06. The summed E-state index contributed by atoms with van der Waals surface area (Å²) in [5, 5.41) is 5.22.